The molecule has 0 aliphatic heterocycles. The van der Waals surface area contributed by atoms with Crippen LogP contribution in [0, 0.1) is 10.1 Å². The lowest BCUT2D eigenvalue weighted by molar-refractivity contribution is -0.385. The van der Waals surface area contributed by atoms with Gasteiger partial charge in [-0.1, -0.05) is 15.9 Å². The molecule has 2 rings (SSSR count). The molecular weight excluding hydrogens is 420 g/mol. The van der Waals surface area contributed by atoms with Crippen LogP contribution in [-0.4, -0.2) is 35.3 Å². The molecule has 0 aromatic heterocycles. The average Bonchev–Trinajstić information content (AvgIpc) is 2.64. The highest BCUT2D eigenvalue weighted by atomic mass is 79.9. The minimum Gasteiger partial charge on any atom is -0.502 e. The Kier molecular flexibility index (Phi) is 6.72. The highest BCUT2D eigenvalue weighted by Gasteiger charge is 2.18. The SMILES string of the molecule is COc1ccc(N[C@H](C)C(=O)N/N=C\c2cc(Br)cc([N+](=O)[O-])c2O)cc1. The molecule has 0 heterocycles. The number of benzene rings is 2. The van der Waals surface area contributed by atoms with Crippen molar-refractivity contribution >= 4 is 39.4 Å². The van der Waals surface area contributed by atoms with Crippen molar-refractivity contribution < 1.29 is 19.6 Å². The van der Waals surface area contributed by atoms with Crippen LogP contribution >= 0.6 is 15.9 Å². The summed E-state index contributed by atoms with van der Waals surface area (Å²) >= 11 is 3.12. The number of nitrogens with zero attached hydrogens (tertiary/aromatic N) is 2. The van der Waals surface area contributed by atoms with Crippen molar-refractivity contribution in [1.82, 2.24) is 5.43 Å². The molecule has 2 aromatic carbocycles. The number of anilines is 1. The van der Waals surface area contributed by atoms with Crippen LogP contribution in [-0.2, 0) is 4.79 Å². The van der Waals surface area contributed by atoms with Gasteiger partial charge in [0, 0.05) is 21.8 Å². The zero-order valence-electron chi connectivity index (χ0n) is 14.5. The van der Waals surface area contributed by atoms with E-state index in [9.17, 15) is 20.0 Å². The van der Waals surface area contributed by atoms with E-state index in [4.69, 9.17) is 4.74 Å². The molecule has 0 saturated carbocycles. The van der Waals surface area contributed by atoms with Crippen molar-refractivity contribution in [3.63, 3.8) is 0 Å². The number of hydrazone groups is 1. The van der Waals surface area contributed by atoms with Gasteiger partial charge in [0.2, 0.25) is 5.75 Å². The van der Waals surface area contributed by atoms with Crippen molar-refractivity contribution in [3.05, 3.63) is 56.5 Å². The lowest BCUT2D eigenvalue weighted by Crippen LogP contribution is -2.34. The number of hydrogen-bond donors (Lipinski definition) is 3. The van der Waals surface area contributed by atoms with Gasteiger partial charge < -0.3 is 15.2 Å². The van der Waals surface area contributed by atoms with Gasteiger partial charge in [-0.3, -0.25) is 14.9 Å². The molecule has 2 aromatic rings. The number of ether oxygens (including phenoxy) is 1. The van der Waals surface area contributed by atoms with Crippen LogP contribution in [0.1, 0.15) is 12.5 Å². The molecule has 10 heteroatoms. The fourth-order valence-electron chi connectivity index (χ4n) is 2.11. The first-order valence-corrected chi connectivity index (χ1v) is 8.51. The predicted octanol–water partition coefficient (Wildman–Crippen LogP) is 3.02. The number of halogens is 1. The van der Waals surface area contributed by atoms with Gasteiger partial charge in [-0.2, -0.15) is 5.10 Å². The van der Waals surface area contributed by atoms with Gasteiger partial charge in [0.1, 0.15) is 11.8 Å². The third kappa shape index (κ3) is 5.42. The summed E-state index contributed by atoms with van der Waals surface area (Å²) in [6, 6.07) is 9.07. The number of nitrogens with one attached hydrogen (secondary N) is 2. The molecule has 3 N–H and O–H groups in total. The van der Waals surface area contributed by atoms with Gasteiger partial charge in [0.25, 0.3) is 5.91 Å². The summed E-state index contributed by atoms with van der Waals surface area (Å²) in [4.78, 5) is 22.3. The number of nitro benzene ring substituents is 1. The molecule has 0 aliphatic rings. The molecule has 142 valence electrons. The summed E-state index contributed by atoms with van der Waals surface area (Å²) in [5.41, 5.74) is 2.66. The quantitative estimate of drug-likeness (QED) is 0.347. The van der Waals surface area contributed by atoms with Gasteiger partial charge in [-0.25, -0.2) is 5.43 Å². The highest BCUT2D eigenvalue weighted by molar-refractivity contribution is 9.10. The Morgan fingerprint density at radius 2 is 2.04 bits per heavy atom. The topological polar surface area (TPSA) is 126 Å². The minimum atomic E-state index is -0.711. The first-order valence-electron chi connectivity index (χ1n) is 7.72. The van der Waals surface area contributed by atoms with Crippen molar-refractivity contribution in [2.75, 3.05) is 12.4 Å². The normalized spacial score (nSPS) is 11.8. The van der Waals surface area contributed by atoms with Gasteiger partial charge in [-0.05, 0) is 37.3 Å². The second-order valence-corrected chi connectivity index (χ2v) is 6.36. The Labute approximate surface area is 163 Å². The van der Waals surface area contributed by atoms with E-state index < -0.39 is 28.3 Å². The molecule has 0 spiro atoms. The Bertz CT molecular complexity index is 870. The van der Waals surface area contributed by atoms with E-state index in [0.717, 1.165) is 11.9 Å². The summed E-state index contributed by atoms with van der Waals surface area (Å²) in [5, 5.41) is 27.6. The third-order valence-electron chi connectivity index (χ3n) is 3.53. The van der Waals surface area contributed by atoms with E-state index in [1.54, 1.807) is 38.3 Å². The largest absolute Gasteiger partial charge is 0.502 e. The van der Waals surface area contributed by atoms with E-state index in [1.807, 2.05) is 0 Å². The molecule has 27 heavy (non-hydrogen) atoms. The first kappa shape index (κ1) is 20.2. The molecule has 0 aliphatic carbocycles. The van der Waals surface area contributed by atoms with Crippen molar-refractivity contribution in [3.8, 4) is 11.5 Å². The maximum Gasteiger partial charge on any atom is 0.312 e. The smallest absolute Gasteiger partial charge is 0.312 e. The number of hydrogen-bond acceptors (Lipinski definition) is 7. The maximum atomic E-state index is 12.1. The Balaban J connectivity index is 2.00. The van der Waals surface area contributed by atoms with Crippen LogP contribution in [0.3, 0.4) is 0 Å². The molecule has 0 bridgehead atoms. The summed E-state index contributed by atoms with van der Waals surface area (Å²) in [5.74, 6) is -0.262. The second kappa shape index (κ2) is 8.99. The molecule has 0 fully saturated rings. The number of nitro groups is 1. The van der Waals surface area contributed by atoms with Gasteiger partial charge in [-0.15, -0.1) is 0 Å². The van der Waals surface area contributed by atoms with Crippen LogP contribution < -0.4 is 15.5 Å². The molecule has 1 amide bonds. The average molecular weight is 437 g/mol. The number of methoxy groups -OCH3 is 1. The summed E-state index contributed by atoms with van der Waals surface area (Å²) in [6.45, 7) is 1.65. The van der Waals surface area contributed by atoms with Crippen molar-refractivity contribution in [1.29, 1.82) is 0 Å². The number of phenolic OH excluding ortho intramolecular Hbond substituents is 1. The molecule has 0 saturated heterocycles. The molecular formula is C17H17BrN4O5. The zero-order valence-corrected chi connectivity index (χ0v) is 16.1. The molecule has 1 atom stereocenters. The van der Waals surface area contributed by atoms with Crippen LogP contribution in [0.2, 0.25) is 0 Å². The van der Waals surface area contributed by atoms with E-state index in [-0.39, 0.29) is 5.56 Å². The standard InChI is InChI=1S/C17H17BrN4O5/c1-10(20-13-3-5-14(27-2)6-4-13)17(24)21-19-9-11-7-12(18)8-15(16(11)23)22(25)26/h3-10,20,23H,1-2H3,(H,21,24)/b19-9-/t10-/m1/s1. The fourth-order valence-corrected chi connectivity index (χ4v) is 2.57. The van der Waals surface area contributed by atoms with Gasteiger partial charge in [0.05, 0.1) is 18.2 Å². The van der Waals surface area contributed by atoms with E-state index >= 15 is 0 Å². The predicted molar refractivity (Wildman–Crippen MR) is 104 cm³/mol. The van der Waals surface area contributed by atoms with Crippen LogP contribution in [0.25, 0.3) is 0 Å². The molecule has 0 radical (unpaired) electrons. The van der Waals surface area contributed by atoms with Crippen molar-refractivity contribution in [2.24, 2.45) is 5.10 Å². The fraction of sp³-hybridized carbons (Fsp3) is 0.176. The van der Waals surface area contributed by atoms with Gasteiger partial charge in [0.15, 0.2) is 0 Å². The Morgan fingerprint density at radius 3 is 2.63 bits per heavy atom. The summed E-state index contributed by atoms with van der Waals surface area (Å²) in [7, 11) is 1.56. The summed E-state index contributed by atoms with van der Waals surface area (Å²) < 4.78 is 5.46. The first-order chi connectivity index (χ1) is 12.8. The number of rotatable bonds is 7. The Morgan fingerprint density at radius 1 is 1.37 bits per heavy atom. The van der Waals surface area contributed by atoms with Crippen LogP contribution in [0.5, 0.6) is 11.5 Å². The van der Waals surface area contributed by atoms with E-state index in [0.29, 0.717) is 10.2 Å². The lowest BCUT2D eigenvalue weighted by Gasteiger charge is -2.13. The third-order valence-corrected chi connectivity index (χ3v) is 3.98. The maximum absolute atomic E-state index is 12.1. The van der Waals surface area contributed by atoms with E-state index in [2.05, 4.69) is 31.8 Å². The second-order valence-electron chi connectivity index (χ2n) is 5.45. The number of carbonyl (C=O) groups is 1. The molecule has 9 nitrogen and oxygen atoms in total. The van der Waals surface area contributed by atoms with Crippen molar-refractivity contribution in [2.45, 2.75) is 13.0 Å². The summed E-state index contributed by atoms with van der Waals surface area (Å²) in [6.07, 6.45) is 1.13. The zero-order chi connectivity index (χ0) is 20.0. The van der Waals surface area contributed by atoms with Crippen LogP contribution in [0.15, 0.2) is 46.0 Å². The number of phenols is 1. The number of carbonyl (C=O) groups excluding carboxylic acids is 1. The van der Waals surface area contributed by atoms with Crippen LogP contribution in [0.4, 0.5) is 11.4 Å². The molecule has 0 unspecified atom stereocenters. The van der Waals surface area contributed by atoms with E-state index in [1.165, 1.54) is 12.1 Å². The number of aromatic hydroxyl groups is 1. The lowest BCUT2D eigenvalue weighted by atomic mass is 10.2. The monoisotopic (exact) mass is 436 g/mol. The van der Waals surface area contributed by atoms with Gasteiger partial charge >= 0.3 is 5.69 Å². The Hall–Kier alpha value is -3.14. The highest BCUT2D eigenvalue weighted by Crippen LogP contribution is 2.32. The minimum absolute atomic E-state index is 0.0899. The number of amides is 1.